The highest BCUT2D eigenvalue weighted by Gasteiger charge is 2.22. The fourth-order valence-corrected chi connectivity index (χ4v) is 5.01. The van der Waals surface area contributed by atoms with Crippen LogP contribution in [0.3, 0.4) is 0 Å². The Kier molecular flexibility index (Phi) is 7.19. The van der Waals surface area contributed by atoms with Gasteiger partial charge in [0.25, 0.3) is 0 Å². The minimum Gasteiger partial charge on any atom is -0.494 e. The van der Waals surface area contributed by atoms with Gasteiger partial charge >= 0.3 is 0 Å². The lowest BCUT2D eigenvalue weighted by atomic mass is 10.3. The highest BCUT2D eigenvalue weighted by molar-refractivity contribution is 7.93. The standard InChI is InChI=1S/C19H23N5O4S2/c1-4-28-14-6-5-7-15(10-14)30(25,26)18-12-20-19(29-18)23-16-11-17(22-13-21-16)24(2)8-9-27-3/h5-7,10-13H,4,8-9H2,1-3H3,(H,20,21,22,23). The Labute approximate surface area is 179 Å². The number of benzene rings is 1. The maximum atomic E-state index is 12.9. The van der Waals surface area contributed by atoms with E-state index in [-0.39, 0.29) is 9.10 Å². The Balaban J connectivity index is 1.77. The van der Waals surface area contributed by atoms with Gasteiger partial charge in [-0.15, -0.1) is 0 Å². The van der Waals surface area contributed by atoms with Crippen LogP contribution < -0.4 is 15.0 Å². The van der Waals surface area contributed by atoms with Crippen LogP contribution in [0.4, 0.5) is 16.8 Å². The summed E-state index contributed by atoms with van der Waals surface area (Å²) in [4.78, 5) is 14.7. The van der Waals surface area contributed by atoms with E-state index in [0.717, 1.165) is 11.3 Å². The maximum Gasteiger partial charge on any atom is 0.217 e. The van der Waals surface area contributed by atoms with Crippen LogP contribution >= 0.6 is 11.3 Å². The minimum atomic E-state index is -3.70. The van der Waals surface area contributed by atoms with Crippen molar-refractivity contribution in [2.75, 3.05) is 44.1 Å². The molecule has 0 radical (unpaired) electrons. The number of hydrogen-bond donors (Lipinski definition) is 1. The number of nitrogens with one attached hydrogen (secondary N) is 1. The predicted octanol–water partition coefficient (Wildman–Crippen LogP) is 2.99. The van der Waals surface area contributed by atoms with E-state index in [1.807, 2.05) is 18.9 Å². The van der Waals surface area contributed by atoms with Crippen LogP contribution in [0.5, 0.6) is 5.75 Å². The van der Waals surface area contributed by atoms with Crippen molar-refractivity contribution in [3.05, 3.63) is 42.9 Å². The summed E-state index contributed by atoms with van der Waals surface area (Å²) in [5.41, 5.74) is 0. The molecule has 0 fully saturated rings. The lowest BCUT2D eigenvalue weighted by molar-refractivity contribution is 0.206. The Morgan fingerprint density at radius 1 is 1.20 bits per heavy atom. The van der Waals surface area contributed by atoms with Crippen LogP contribution in [0.15, 0.2) is 52.0 Å². The van der Waals surface area contributed by atoms with Gasteiger partial charge in [0.15, 0.2) is 5.13 Å². The predicted molar refractivity (Wildman–Crippen MR) is 116 cm³/mol. The number of anilines is 3. The summed E-state index contributed by atoms with van der Waals surface area (Å²) < 4.78 is 36.5. The number of rotatable bonds is 10. The molecule has 0 aliphatic rings. The summed E-state index contributed by atoms with van der Waals surface area (Å²) >= 11 is 1.03. The Morgan fingerprint density at radius 2 is 2.03 bits per heavy atom. The van der Waals surface area contributed by atoms with E-state index in [1.165, 1.54) is 24.7 Å². The molecule has 1 N–H and O–H groups in total. The van der Waals surface area contributed by atoms with Gasteiger partial charge in [0.05, 0.1) is 24.3 Å². The van der Waals surface area contributed by atoms with Gasteiger partial charge in [-0.3, -0.25) is 0 Å². The van der Waals surface area contributed by atoms with Gasteiger partial charge in [0.1, 0.15) is 27.9 Å². The Bertz CT molecular complexity index is 1090. The van der Waals surface area contributed by atoms with Crippen molar-refractivity contribution in [2.24, 2.45) is 0 Å². The second-order valence-corrected chi connectivity index (χ2v) is 9.40. The summed E-state index contributed by atoms with van der Waals surface area (Å²) in [7, 11) is -0.163. The molecule has 160 valence electrons. The van der Waals surface area contributed by atoms with Crippen molar-refractivity contribution in [3.63, 3.8) is 0 Å². The van der Waals surface area contributed by atoms with E-state index in [4.69, 9.17) is 9.47 Å². The summed E-state index contributed by atoms with van der Waals surface area (Å²) in [6, 6.07) is 8.19. The molecule has 3 rings (SSSR count). The number of methoxy groups -OCH3 is 1. The van der Waals surface area contributed by atoms with Gasteiger partial charge in [0.2, 0.25) is 9.84 Å². The molecule has 2 aromatic heterocycles. The number of nitrogens with zero attached hydrogens (tertiary/aromatic N) is 4. The molecule has 0 bridgehead atoms. The fourth-order valence-electron chi connectivity index (χ4n) is 2.53. The van der Waals surface area contributed by atoms with Gasteiger partial charge in [-0.05, 0) is 25.1 Å². The fraction of sp³-hybridized carbons (Fsp3) is 0.316. The molecule has 3 aromatic rings. The first kappa shape index (κ1) is 21.9. The average Bonchev–Trinajstić information content (AvgIpc) is 3.22. The zero-order valence-corrected chi connectivity index (χ0v) is 18.5. The molecular formula is C19H23N5O4S2. The van der Waals surface area contributed by atoms with E-state index in [2.05, 4.69) is 20.3 Å². The second-order valence-electron chi connectivity index (χ2n) is 6.20. The first-order chi connectivity index (χ1) is 14.4. The van der Waals surface area contributed by atoms with Crippen molar-refractivity contribution in [3.8, 4) is 5.75 Å². The highest BCUT2D eigenvalue weighted by atomic mass is 32.2. The molecule has 0 spiro atoms. The third-order valence-electron chi connectivity index (χ3n) is 4.09. The van der Waals surface area contributed by atoms with Crippen LogP contribution in [0.2, 0.25) is 0 Å². The number of sulfone groups is 1. The van der Waals surface area contributed by atoms with Crippen molar-refractivity contribution >= 4 is 37.9 Å². The monoisotopic (exact) mass is 449 g/mol. The number of thiazole rings is 1. The van der Waals surface area contributed by atoms with E-state index >= 15 is 0 Å². The molecule has 0 aliphatic heterocycles. The third-order valence-corrected chi connectivity index (χ3v) is 7.21. The van der Waals surface area contributed by atoms with Gasteiger partial charge in [-0.25, -0.2) is 23.4 Å². The topological polar surface area (TPSA) is 107 Å². The zero-order chi connectivity index (χ0) is 21.6. The SMILES string of the molecule is CCOc1cccc(S(=O)(=O)c2cnc(Nc3cc(N(C)CCOC)ncn3)s2)c1. The van der Waals surface area contributed by atoms with Gasteiger partial charge in [-0.2, -0.15) is 0 Å². The average molecular weight is 450 g/mol. The zero-order valence-electron chi connectivity index (χ0n) is 16.9. The van der Waals surface area contributed by atoms with Crippen LogP contribution in [0.1, 0.15) is 6.92 Å². The van der Waals surface area contributed by atoms with E-state index in [0.29, 0.717) is 42.3 Å². The second kappa shape index (κ2) is 9.83. The summed E-state index contributed by atoms with van der Waals surface area (Å²) in [6.45, 7) is 3.55. The smallest absolute Gasteiger partial charge is 0.217 e. The number of likely N-dealkylation sites (N-methyl/N-ethyl adjacent to an activating group) is 1. The summed E-state index contributed by atoms with van der Waals surface area (Å²) in [5.74, 6) is 1.73. The highest BCUT2D eigenvalue weighted by Crippen LogP contribution is 2.31. The molecular weight excluding hydrogens is 426 g/mol. The molecule has 0 atom stereocenters. The Morgan fingerprint density at radius 3 is 2.80 bits per heavy atom. The van der Waals surface area contributed by atoms with Gasteiger partial charge in [-0.1, -0.05) is 17.4 Å². The first-order valence-electron chi connectivity index (χ1n) is 9.17. The van der Waals surface area contributed by atoms with Crippen LogP contribution in [-0.2, 0) is 14.6 Å². The van der Waals surface area contributed by atoms with Crippen molar-refractivity contribution < 1.29 is 17.9 Å². The molecule has 0 unspecified atom stereocenters. The molecule has 0 saturated heterocycles. The van der Waals surface area contributed by atoms with Crippen LogP contribution in [-0.4, -0.2) is 57.3 Å². The summed E-state index contributed by atoms with van der Waals surface area (Å²) in [6.07, 6.45) is 2.77. The lowest BCUT2D eigenvalue weighted by Gasteiger charge is -2.17. The third kappa shape index (κ3) is 5.23. The molecule has 2 heterocycles. The van der Waals surface area contributed by atoms with Crippen molar-refractivity contribution in [1.29, 1.82) is 0 Å². The maximum absolute atomic E-state index is 12.9. The van der Waals surface area contributed by atoms with Crippen molar-refractivity contribution in [2.45, 2.75) is 16.0 Å². The normalized spacial score (nSPS) is 11.3. The molecule has 9 nitrogen and oxygen atoms in total. The molecule has 0 amide bonds. The summed E-state index contributed by atoms with van der Waals surface area (Å²) in [5, 5.41) is 3.46. The van der Waals surface area contributed by atoms with E-state index in [9.17, 15) is 8.42 Å². The van der Waals surface area contributed by atoms with Gasteiger partial charge in [0, 0.05) is 26.8 Å². The lowest BCUT2D eigenvalue weighted by Crippen LogP contribution is -2.23. The van der Waals surface area contributed by atoms with Crippen molar-refractivity contribution in [1.82, 2.24) is 15.0 Å². The molecule has 11 heteroatoms. The number of hydrogen-bond acceptors (Lipinski definition) is 10. The molecule has 1 aromatic carbocycles. The largest absolute Gasteiger partial charge is 0.494 e. The number of ether oxygens (including phenoxy) is 2. The van der Waals surface area contributed by atoms with E-state index in [1.54, 1.807) is 25.3 Å². The molecule has 30 heavy (non-hydrogen) atoms. The van der Waals surface area contributed by atoms with Crippen LogP contribution in [0, 0.1) is 0 Å². The molecule has 0 aliphatic carbocycles. The first-order valence-corrected chi connectivity index (χ1v) is 11.5. The van der Waals surface area contributed by atoms with Crippen LogP contribution in [0.25, 0.3) is 0 Å². The Hall–Kier alpha value is -2.76. The van der Waals surface area contributed by atoms with Gasteiger partial charge < -0.3 is 19.7 Å². The quantitative estimate of drug-likeness (QED) is 0.500. The van der Waals surface area contributed by atoms with E-state index < -0.39 is 9.84 Å². The molecule has 0 saturated carbocycles. The number of aromatic nitrogens is 3. The minimum absolute atomic E-state index is 0.130.